The van der Waals surface area contributed by atoms with Gasteiger partial charge in [0, 0.05) is 45.9 Å². The van der Waals surface area contributed by atoms with Crippen LogP contribution in [0.25, 0.3) is 0 Å². The van der Waals surface area contributed by atoms with Crippen LogP contribution in [0.1, 0.15) is 58.8 Å². The predicted molar refractivity (Wildman–Crippen MR) is 120 cm³/mol. The Hall–Kier alpha value is -0.570. The van der Waals surface area contributed by atoms with Crippen molar-refractivity contribution in [2.45, 2.75) is 64.9 Å². The molecule has 1 unspecified atom stereocenters. The second-order valence-electron chi connectivity index (χ2n) is 8.04. The van der Waals surface area contributed by atoms with Crippen LogP contribution in [0, 0.1) is 5.41 Å². The van der Waals surface area contributed by atoms with Crippen molar-refractivity contribution in [3.05, 3.63) is 0 Å². The SMILES string of the molecule is CCNC(=NCC1(CC)CCCC1)N1CCN(C(=O)C2CCCO2)CC1.I. The Labute approximate surface area is 181 Å². The van der Waals surface area contributed by atoms with Crippen molar-refractivity contribution in [1.29, 1.82) is 0 Å². The number of piperazine rings is 1. The number of guanidine groups is 1. The first-order valence-corrected chi connectivity index (χ1v) is 10.6. The van der Waals surface area contributed by atoms with E-state index in [1.807, 2.05) is 4.90 Å². The maximum Gasteiger partial charge on any atom is 0.251 e. The highest BCUT2D eigenvalue weighted by Crippen LogP contribution is 2.41. The van der Waals surface area contributed by atoms with E-state index < -0.39 is 0 Å². The normalized spacial score (nSPS) is 25.4. The van der Waals surface area contributed by atoms with E-state index in [4.69, 9.17) is 9.73 Å². The molecular formula is C20H37IN4O2. The van der Waals surface area contributed by atoms with Crippen molar-refractivity contribution in [2.24, 2.45) is 10.4 Å². The fourth-order valence-electron chi connectivity index (χ4n) is 4.53. The Bertz CT molecular complexity index is 494. The molecule has 0 spiro atoms. The quantitative estimate of drug-likeness (QED) is 0.365. The zero-order chi connectivity index (χ0) is 18.4. The highest BCUT2D eigenvalue weighted by atomic mass is 127. The average Bonchev–Trinajstić information content (AvgIpc) is 3.37. The van der Waals surface area contributed by atoms with Gasteiger partial charge in [-0.15, -0.1) is 24.0 Å². The molecule has 1 saturated carbocycles. The molecule has 3 fully saturated rings. The molecule has 7 heteroatoms. The Morgan fingerprint density at radius 3 is 2.33 bits per heavy atom. The summed E-state index contributed by atoms with van der Waals surface area (Å²) in [5, 5.41) is 3.46. The minimum Gasteiger partial charge on any atom is -0.368 e. The smallest absolute Gasteiger partial charge is 0.251 e. The number of aliphatic imine (C=N–C) groups is 1. The molecule has 0 aromatic carbocycles. The van der Waals surface area contributed by atoms with Gasteiger partial charge in [-0.05, 0) is 44.4 Å². The Kier molecular flexibility index (Phi) is 9.11. The summed E-state index contributed by atoms with van der Waals surface area (Å²) in [5.41, 5.74) is 0.415. The van der Waals surface area contributed by atoms with Crippen LogP contribution in [-0.2, 0) is 9.53 Å². The Morgan fingerprint density at radius 1 is 1.11 bits per heavy atom. The van der Waals surface area contributed by atoms with Gasteiger partial charge < -0.3 is 19.9 Å². The number of carbonyl (C=O) groups excluding carboxylic acids is 1. The topological polar surface area (TPSA) is 57.2 Å². The molecule has 156 valence electrons. The maximum atomic E-state index is 12.5. The summed E-state index contributed by atoms with van der Waals surface area (Å²) in [5.74, 6) is 1.21. The number of carbonyl (C=O) groups is 1. The summed E-state index contributed by atoms with van der Waals surface area (Å²) >= 11 is 0. The Morgan fingerprint density at radius 2 is 1.78 bits per heavy atom. The van der Waals surface area contributed by atoms with Crippen molar-refractivity contribution in [2.75, 3.05) is 45.9 Å². The molecule has 0 aromatic heterocycles. The molecule has 0 bridgehead atoms. The molecule has 1 aliphatic carbocycles. The van der Waals surface area contributed by atoms with E-state index in [9.17, 15) is 4.79 Å². The molecule has 1 amide bonds. The van der Waals surface area contributed by atoms with Gasteiger partial charge in [0.2, 0.25) is 0 Å². The second kappa shape index (κ2) is 10.8. The average molecular weight is 492 g/mol. The largest absolute Gasteiger partial charge is 0.368 e. The number of halogens is 1. The highest BCUT2D eigenvalue weighted by Gasteiger charge is 2.33. The lowest BCUT2D eigenvalue weighted by Gasteiger charge is -2.37. The summed E-state index contributed by atoms with van der Waals surface area (Å²) in [4.78, 5) is 21.8. The van der Waals surface area contributed by atoms with Gasteiger partial charge in [-0.3, -0.25) is 9.79 Å². The summed E-state index contributed by atoms with van der Waals surface area (Å²) in [6, 6.07) is 0. The van der Waals surface area contributed by atoms with Crippen LogP contribution in [0.2, 0.25) is 0 Å². The summed E-state index contributed by atoms with van der Waals surface area (Å²) < 4.78 is 5.56. The number of rotatable bonds is 5. The first kappa shape index (κ1) is 22.7. The number of nitrogens with zero attached hydrogens (tertiary/aromatic N) is 3. The lowest BCUT2D eigenvalue weighted by molar-refractivity contribution is -0.142. The lowest BCUT2D eigenvalue weighted by atomic mass is 9.83. The highest BCUT2D eigenvalue weighted by molar-refractivity contribution is 14.0. The van der Waals surface area contributed by atoms with E-state index in [2.05, 4.69) is 24.1 Å². The van der Waals surface area contributed by atoms with Crippen LogP contribution < -0.4 is 5.32 Å². The van der Waals surface area contributed by atoms with Crippen LogP contribution in [0.15, 0.2) is 4.99 Å². The van der Waals surface area contributed by atoms with Crippen molar-refractivity contribution >= 4 is 35.8 Å². The molecule has 1 N–H and O–H groups in total. The van der Waals surface area contributed by atoms with Crippen LogP contribution >= 0.6 is 24.0 Å². The van der Waals surface area contributed by atoms with Crippen LogP contribution in [0.4, 0.5) is 0 Å². The maximum absolute atomic E-state index is 12.5. The lowest BCUT2D eigenvalue weighted by Crippen LogP contribution is -2.55. The fraction of sp³-hybridized carbons (Fsp3) is 0.900. The third kappa shape index (κ3) is 5.71. The van der Waals surface area contributed by atoms with Crippen molar-refractivity contribution < 1.29 is 9.53 Å². The molecule has 2 heterocycles. The predicted octanol–water partition coefficient (Wildman–Crippen LogP) is 2.86. The summed E-state index contributed by atoms with van der Waals surface area (Å²) in [7, 11) is 0. The van der Waals surface area contributed by atoms with E-state index in [1.165, 1.54) is 32.1 Å². The monoisotopic (exact) mass is 492 g/mol. The first-order valence-electron chi connectivity index (χ1n) is 10.6. The molecule has 27 heavy (non-hydrogen) atoms. The number of hydrogen-bond donors (Lipinski definition) is 1. The molecule has 6 nitrogen and oxygen atoms in total. The molecule has 0 aromatic rings. The zero-order valence-corrected chi connectivity index (χ0v) is 19.4. The van der Waals surface area contributed by atoms with E-state index >= 15 is 0 Å². The van der Waals surface area contributed by atoms with Gasteiger partial charge in [0.25, 0.3) is 5.91 Å². The molecule has 2 aliphatic heterocycles. The van der Waals surface area contributed by atoms with E-state index in [0.717, 1.165) is 64.7 Å². The third-order valence-electron chi connectivity index (χ3n) is 6.41. The minimum absolute atomic E-state index is 0. The van der Waals surface area contributed by atoms with Crippen molar-refractivity contribution in [3.63, 3.8) is 0 Å². The molecule has 1 atom stereocenters. The number of hydrogen-bond acceptors (Lipinski definition) is 3. The number of nitrogens with one attached hydrogen (secondary N) is 1. The van der Waals surface area contributed by atoms with Gasteiger partial charge >= 0.3 is 0 Å². The van der Waals surface area contributed by atoms with E-state index in [0.29, 0.717) is 5.41 Å². The standard InChI is InChI=1S/C20H36N4O2.HI/c1-3-20(9-5-6-10-20)16-22-19(21-4-2)24-13-11-23(12-14-24)18(25)17-8-7-15-26-17;/h17H,3-16H2,1-2H3,(H,21,22);1H. The van der Waals surface area contributed by atoms with Crippen LogP contribution in [-0.4, -0.2) is 73.6 Å². The minimum atomic E-state index is -0.199. The summed E-state index contributed by atoms with van der Waals surface area (Å²) in [6.45, 7) is 10.2. The molecular weight excluding hydrogens is 455 g/mol. The fourth-order valence-corrected chi connectivity index (χ4v) is 4.53. The van der Waals surface area contributed by atoms with Gasteiger partial charge in [-0.25, -0.2) is 0 Å². The van der Waals surface area contributed by atoms with Crippen molar-refractivity contribution in [3.8, 4) is 0 Å². The van der Waals surface area contributed by atoms with Gasteiger partial charge in [0.1, 0.15) is 6.10 Å². The summed E-state index contributed by atoms with van der Waals surface area (Å²) in [6.07, 6.45) is 8.24. The Balaban J connectivity index is 0.00000261. The van der Waals surface area contributed by atoms with Gasteiger partial charge in [-0.2, -0.15) is 0 Å². The first-order chi connectivity index (χ1) is 12.7. The molecule has 0 radical (unpaired) electrons. The van der Waals surface area contributed by atoms with Crippen molar-refractivity contribution in [1.82, 2.24) is 15.1 Å². The van der Waals surface area contributed by atoms with Gasteiger partial charge in [0.15, 0.2) is 5.96 Å². The zero-order valence-electron chi connectivity index (χ0n) is 17.0. The van der Waals surface area contributed by atoms with Gasteiger partial charge in [0.05, 0.1) is 0 Å². The number of ether oxygens (including phenoxy) is 1. The second-order valence-corrected chi connectivity index (χ2v) is 8.04. The molecule has 2 saturated heterocycles. The van der Waals surface area contributed by atoms with Crippen LogP contribution in [0.3, 0.4) is 0 Å². The number of amides is 1. The van der Waals surface area contributed by atoms with E-state index in [-0.39, 0.29) is 36.0 Å². The van der Waals surface area contributed by atoms with Crippen LogP contribution in [0.5, 0.6) is 0 Å². The van der Waals surface area contributed by atoms with E-state index in [1.54, 1.807) is 0 Å². The molecule has 3 rings (SSSR count). The van der Waals surface area contributed by atoms with Gasteiger partial charge in [-0.1, -0.05) is 19.8 Å². The third-order valence-corrected chi connectivity index (χ3v) is 6.41. The molecule has 3 aliphatic rings.